The second kappa shape index (κ2) is 7.90. The molecule has 0 aliphatic heterocycles. The van der Waals surface area contributed by atoms with Gasteiger partial charge in [-0.15, -0.1) is 0 Å². The minimum Gasteiger partial charge on any atom is -0.497 e. The average Bonchev–Trinajstić information content (AvgIpc) is 2.97. The molecule has 1 aromatic heterocycles. The van der Waals surface area contributed by atoms with Crippen molar-refractivity contribution in [3.05, 3.63) is 54.1 Å². The Kier molecular flexibility index (Phi) is 5.40. The van der Waals surface area contributed by atoms with Crippen LogP contribution in [0.1, 0.15) is 12.5 Å². The molecule has 0 amide bonds. The van der Waals surface area contributed by atoms with Gasteiger partial charge >= 0.3 is 6.16 Å². The van der Waals surface area contributed by atoms with E-state index in [1.54, 1.807) is 14.0 Å². The van der Waals surface area contributed by atoms with Gasteiger partial charge in [0.1, 0.15) is 12.4 Å². The zero-order chi connectivity index (χ0) is 17.6. The van der Waals surface area contributed by atoms with Gasteiger partial charge in [-0.1, -0.05) is 35.6 Å². The van der Waals surface area contributed by atoms with Crippen molar-refractivity contribution >= 4 is 27.6 Å². The molecule has 0 aliphatic rings. The van der Waals surface area contributed by atoms with Gasteiger partial charge < -0.3 is 18.9 Å². The predicted octanol–water partition coefficient (Wildman–Crippen LogP) is 5.02. The molecule has 3 rings (SSSR count). The molecule has 0 saturated heterocycles. The number of ether oxygens (including phenoxy) is 4. The van der Waals surface area contributed by atoms with Gasteiger partial charge in [-0.25, -0.2) is 4.79 Å². The smallest absolute Gasteiger partial charge is 0.497 e. The van der Waals surface area contributed by atoms with Gasteiger partial charge in [0.25, 0.3) is 0 Å². The van der Waals surface area contributed by atoms with Gasteiger partial charge in [0.2, 0.25) is 5.06 Å². The quantitative estimate of drug-likeness (QED) is 0.579. The Morgan fingerprint density at radius 2 is 1.96 bits per heavy atom. The summed E-state index contributed by atoms with van der Waals surface area (Å²) in [5, 5.41) is 1.29. The molecule has 3 aromatic rings. The van der Waals surface area contributed by atoms with Crippen LogP contribution in [0.5, 0.6) is 16.6 Å². The van der Waals surface area contributed by atoms with E-state index in [-0.39, 0.29) is 6.61 Å². The van der Waals surface area contributed by atoms with Gasteiger partial charge in [0.05, 0.1) is 13.7 Å². The van der Waals surface area contributed by atoms with Crippen LogP contribution in [0.2, 0.25) is 0 Å². The van der Waals surface area contributed by atoms with E-state index in [1.165, 1.54) is 11.3 Å². The van der Waals surface area contributed by atoms with Gasteiger partial charge in [0.15, 0.2) is 5.75 Å². The maximum Gasteiger partial charge on any atom is 0.514 e. The lowest BCUT2D eigenvalue weighted by atomic mass is 10.2. The van der Waals surface area contributed by atoms with Gasteiger partial charge in [-0.2, -0.15) is 0 Å². The SMILES string of the molecule is CCOC(=O)Oc1sc2ccccc2c1OCc1cccc(OC)c1. The highest BCUT2D eigenvalue weighted by atomic mass is 32.1. The van der Waals surface area contributed by atoms with Crippen molar-refractivity contribution < 1.29 is 23.7 Å². The van der Waals surface area contributed by atoms with Crippen LogP contribution in [0.4, 0.5) is 4.79 Å². The third-order valence-electron chi connectivity index (χ3n) is 3.48. The van der Waals surface area contributed by atoms with Crippen molar-refractivity contribution in [2.75, 3.05) is 13.7 Å². The molecule has 5 nitrogen and oxygen atoms in total. The molecule has 0 bridgehead atoms. The lowest BCUT2D eigenvalue weighted by molar-refractivity contribution is 0.104. The minimum atomic E-state index is -0.736. The summed E-state index contributed by atoms with van der Waals surface area (Å²) in [6.45, 7) is 2.31. The Hall–Kier alpha value is -2.73. The van der Waals surface area contributed by atoms with E-state index in [2.05, 4.69) is 0 Å². The first-order valence-electron chi connectivity index (χ1n) is 7.83. The maximum atomic E-state index is 11.7. The van der Waals surface area contributed by atoms with E-state index in [0.717, 1.165) is 21.4 Å². The molecule has 0 unspecified atom stereocenters. The summed E-state index contributed by atoms with van der Waals surface area (Å²) in [5.74, 6) is 1.30. The van der Waals surface area contributed by atoms with Gasteiger partial charge in [0, 0.05) is 10.1 Å². The summed E-state index contributed by atoms with van der Waals surface area (Å²) in [6, 6.07) is 15.4. The number of fused-ring (bicyclic) bond motifs is 1. The first-order valence-corrected chi connectivity index (χ1v) is 8.64. The van der Waals surface area contributed by atoms with Crippen LogP contribution in [0, 0.1) is 0 Å². The van der Waals surface area contributed by atoms with Crippen LogP contribution in [0.25, 0.3) is 10.1 Å². The van der Waals surface area contributed by atoms with E-state index in [0.29, 0.717) is 17.4 Å². The van der Waals surface area contributed by atoms with Crippen LogP contribution in [0.15, 0.2) is 48.5 Å². The summed E-state index contributed by atoms with van der Waals surface area (Å²) in [7, 11) is 1.62. The lowest BCUT2D eigenvalue weighted by Crippen LogP contribution is -2.10. The number of benzene rings is 2. The summed E-state index contributed by atoms with van der Waals surface area (Å²) in [6.07, 6.45) is -0.736. The second-order valence-corrected chi connectivity index (χ2v) is 6.15. The molecule has 0 N–H and O–H groups in total. The molecule has 2 aromatic carbocycles. The molecular formula is C19H18O5S. The summed E-state index contributed by atoms with van der Waals surface area (Å²) < 4.78 is 22.4. The van der Waals surface area contributed by atoms with Crippen LogP contribution < -0.4 is 14.2 Å². The highest BCUT2D eigenvalue weighted by Gasteiger charge is 2.18. The fraction of sp³-hybridized carbons (Fsp3) is 0.211. The molecular weight excluding hydrogens is 340 g/mol. The highest BCUT2D eigenvalue weighted by Crippen LogP contribution is 2.44. The van der Waals surface area contributed by atoms with E-state index in [9.17, 15) is 4.79 Å². The fourth-order valence-electron chi connectivity index (χ4n) is 2.34. The van der Waals surface area contributed by atoms with E-state index in [4.69, 9.17) is 18.9 Å². The molecule has 0 atom stereocenters. The fourth-order valence-corrected chi connectivity index (χ4v) is 3.33. The molecule has 1 heterocycles. The van der Waals surface area contributed by atoms with Crippen molar-refractivity contribution in [1.29, 1.82) is 0 Å². The summed E-state index contributed by atoms with van der Waals surface area (Å²) >= 11 is 1.35. The molecule has 25 heavy (non-hydrogen) atoms. The number of methoxy groups -OCH3 is 1. The van der Waals surface area contributed by atoms with Crippen molar-refractivity contribution in [3.63, 3.8) is 0 Å². The molecule has 0 saturated carbocycles. The molecule has 130 valence electrons. The third kappa shape index (κ3) is 4.03. The number of carbonyl (C=O) groups is 1. The van der Waals surface area contributed by atoms with Crippen LogP contribution in [-0.2, 0) is 11.3 Å². The largest absolute Gasteiger partial charge is 0.514 e. The Labute approximate surface area is 149 Å². The predicted molar refractivity (Wildman–Crippen MR) is 96.8 cm³/mol. The highest BCUT2D eigenvalue weighted by molar-refractivity contribution is 7.21. The summed E-state index contributed by atoms with van der Waals surface area (Å²) in [5.41, 5.74) is 0.955. The zero-order valence-corrected chi connectivity index (χ0v) is 14.8. The summed E-state index contributed by atoms with van der Waals surface area (Å²) in [4.78, 5) is 11.7. The van der Waals surface area contributed by atoms with Crippen molar-refractivity contribution in [2.45, 2.75) is 13.5 Å². The Bertz CT molecular complexity index is 871. The van der Waals surface area contributed by atoms with Crippen LogP contribution in [-0.4, -0.2) is 19.9 Å². The van der Waals surface area contributed by atoms with Crippen molar-refractivity contribution in [3.8, 4) is 16.6 Å². The first kappa shape index (κ1) is 17.1. The maximum absolute atomic E-state index is 11.7. The minimum absolute atomic E-state index is 0.254. The Morgan fingerprint density at radius 3 is 2.76 bits per heavy atom. The number of hydrogen-bond donors (Lipinski definition) is 0. The number of rotatable bonds is 6. The molecule has 0 radical (unpaired) electrons. The van der Waals surface area contributed by atoms with Crippen molar-refractivity contribution in [1.82, 2.24) is 0 Å². The van der Waals surface area contributed by atoms with Crippen molar-refractivity contribution in [2.24, 2.45) is 0 Å². The molecule has 0 fully saturated rings. The molecule has 0 spiro atoms. The second-order valence-electron chi connectivity index (χ2n) is 5.14. The van der Waals surface area contributed by atoms with Gasteiger partial charge in [-0.3, -0.25) is 0 Å². The zero-order valence-electron chi connectivity index (χ0n) is 14.0. The lowest BCUT2D eigenvalue weighted by Gasteiger charge is -2.09. The molecule has 6 heteroatoms. The third-order valence-corrected chi connectivity index (χ3v) is 4.51. The van der Waals surface area contributed by atoms with Gasteiger partial charge in [-0.05, 0) is 36.8 Å². The van der Waals surface area contributed by atoms with Crippen LogP contribution >= 0.6 is 11.3 Å². The first-order chi connectivity index (χ1) is 12.2. The normalized spacial score (nSPS) is 10.5. The number of hydrogen-bond acceptors (Lipinski definition) is 6. The number of thiophene rings is 1. The molecule has 0 aliphatic carbocycles. The topological polar surface area (TPSA) is 54.0 Å². The van der Waals surface area contributed by atoms with E-state index >= 15 is 0 Å². The van der Waals surface area contributed by atoms with E-state index in [1.807, 2.05) is 48.5 Å². The monoisotopic (exact) mass is 358 g/mol. The van der Waals surface area contributed by atoms with Crippen LogP contribution in [0.3, 0.4) is 0 Å². The van der Waals surface area contributed by atoms with E-state index < -0.39 is 6.16 Å². The Balaban J connectivity index is 1.86. The average molecular weight is 358 g/mol. The Morgan fingerprint density at radius 1 is 1.12 bits per heavy atom. The number of carbonyl (C=O) groups excluding carboxylic acids is 1. The standard InChI is InChI=1S/C19H18O5S/c1-3-22-19(20)24-18-17(15-9-4-5-10-16(15)25-18)23-12-13-7-6-8-14(11-13)21-2/h4-11H,3,12H2,1-2H3.